The smallest absolute Gasteiger partial charge is 0.408 e. The molecule has 0 aliphatic heterocycles. The van der Waals surface area contributed by atoms with Crippen molar-refractivity contribution in [2.24, 2.45) is 11.7 Å². The Bertz CT molecular complexity index is 1050. The quantitative estimate of drug-likeness (QED) is 0.321. The maximum atomic E-state index is 14.1. The molecule has 0 heterocycles. The molecule has 4 unspecified atom stereocenters. The van der Waals surface area contributed by atoms with E-state index in [1.807, 2.05) is 26.0 Å². The molecule has 4 N–H and O–H groups in total. The Balaban J connectivity index is 2.44. The summed E-state index contributed by atoms with van der Waals surface area (Å²) in [5.41, 5.74) is 5.95. The van der Waals surface area contributed by atoms with Crippen molar-refractivity contribution in [3.05, 3.63) is 35.4 Å². The first-order valence-electron chi connectivity index (χ1n) is 13.3. The predicted molar refractivity (Wildman–Crippen MR) is 144 cm³/mol. The van der Waals surface area contributed by atoms with Crippen molar-refractivity contribution >= 4 is 29.8 Å². The molecule has 1 aliphatic carbocycles. The number of alkyl carbamates (subject to hydrolysis) is 1. The van der Waals surface area contributed by atoms with Gasteiger partial charge in [0.15, 0.2) is 0 Å². The van der Waals surface area contributed by atoms with Crippen LogP contribution in [0.5, 0.6) is 0 Å². The van der Waals surface area contributed by atoms with E-state index in [-0.39, 0.29) is 44.4 Å². The van der Waals surface area contributed by atoms with Crippen molar-refractivity contribution in [2.45, 2.75) is 91.0 Å². The van der Waals surface area contributed by atoms with Gasteiger partial charge in [-0.3, -0.25) is 19.2 Å². The Kier molecular flexibility index (Phi) is 11.3. The molecule has 1 aromatic rings. The number of hydrogen-bond donors (Lipinski definition) is 3. The predicted octanol–water partition coefficient (Wildman–Crippen LogP) is 2.50. The summed E-state index contributed by atoms with van der Waals surface area (Å²) in [7, 11) is 0. The maximum absolute atomic E-state index is 14.1. The number of benzene rings is 1. The Morgan fingerprint density at radius 3 is 2.31 bits per heavy atom. The fraction of sp³-hybridized carbons (Fsp3) is 0.607. The molecule has 0 radical (unpaired) electrons. The molecule has 0 saturated heterocycles. The lowest BCUT2D eigenvalue weighted by molar-refractivity contribution is -0.145. The third-order valence-corrected chi connectivity index (χ3v) is 6.29. The minimum Gasteiger partial charge on any atom is -0.466 e. The van der Waals surface area contributed by atoms with Crippen LogP contribution in [0.25, 0.3) is 0 Å². The van der Waals surface area contributed by atoms with Crippen molar-refractivity contribution in [3.8, 4) is 0 Å². The molecule has 4 atom stereocenters. The fourth-order valence-corrected chi connectivity index (χ4v) is 4.27. The summed E-state index contributed by atoms with van der Waals surface area (Å²) in [6.45, 7) is 10.9. The van der Waals surface area contributed by atoms with Gasteiger partial charge in [0.1, 0.15) is 17.7 Å². The summed E-state index contributed by atoms with van der Waals surface area (Å²) in [6, 6.07) is 4.78. The highest BCUT2D eigenvalue weighted by molar-refractivity contribution is 5.93. The molecular weight excluding hydrogens is 504 g/mol. The zero-order valence-electron chi connectivity index (χ0n) is 23.7. The Morgan fingerprint density at radius 1 is 1.13 bits per heavy atom. The van der Waals surface area contributed by atoms with Gasteiger partial charge < -0.3 is 30.7 Å². The molecule has 1 aliphatic rings. The van der Waals surface area contributed by atoms with Crippen molar-refractivity contribution in [2.75, 3.05) is 13.2 Å². The van der Waals surface area contributed by atoms with Gasteiger partial charge in [0.25, 0.3) is 0 Å². The normalized spacial score (nSPS) is 17.8. The van der Waals surface area contributed by atoms with Gasteiger partial charge in [0, 0.05) is 19.0 Å². The van der Waals surface area contributed by atoms with Gasteiger partial charge in [-0.15, -0.1) is 0 Å². The molecule has 39 heavy (non-hydrogen) atoms. The number of aryl methyl sites for hydroxylation is 1. The molecule has 0 bridgehead atoms. The summed E-state index contributed by atoms with van der Waals surface area (Å²) in [5, 5.41) is 5.36. The lowest BCUT2D eigenvalue weighted by Crippen LogP contribution is -2.54. The second-order valence-electron chi connectivity index (χ2n) is 10.8. The number of nitrogens with two attached hydrogens (primary N) is 1. The molecule has 1 aromatic carbocycles. The Hall–Kier alpha value is -3.63. The third kappa shape index (κ3) is 9.88. The van der Waals surface area contributed by atoms with Gasteiger partial charge in [-0.1, -0.05) is 31.2 Å². The summed E-state index contributed by atoms with van der Waals surface area (Å²) in [4.78, 5) is 65.3. The van der Waals surface area contributed by atoms with E-state index in [0.717, 1.165) is 5.56 Å². The first-order valence-corrected chi connectivity index (χ1v) is 13.3. The van der Waals surface area contributed by atoms with E-state index < -0.39 is 47.5 Å². The van der Waals surface area contributed by atoms with Crippen LogP contribution in [-0.2, 0) is 28.7 Å². The van der Waals surface area contributed by atoms with Crippen LogP contribution < -0.4 is 16.4 Å². The van der Waals surface area contributed by atoms with Crippen LogP contribution in [0.1, 0.15) is 77.5 Å². The van der Waals surface area contributed by atoms with E-state index in [1.54, 1.807) is 39.8 Å². The standard InChI is InChI=1S/C28H42N4O7/c1-7-38-23(34)14-15-30-25(35)24(19-11-9-8-10-17(19)2)32(21-16-18(21)3)26(36)20(12-13-22(29)33)31-27(37)39-28(4,5)6/h8-11,18,20-21,24H,7,12-16H2,1-6H3,(H2,29,33)(H,30,35)(H,31,37). The molecule has 2 rings (SSSR count). The molecule has 0 aromatic heterocycles. The number of carbonyl (C=O) groups is 5. The number of primary amides is 1. The SMILES string of the molecule is CCOC(=O)CCNC(=O)C(c1ccccc1C)N(C(=O)C(CCC(N)=O)NC(=O)OC(C)(C)C)C1CC1C. The second kappa shape index (κ2) is 14.0. The number of amides is 4. The lowest BCUT2D eigenvalue weighted by Gasteiger charge is -2.35. The molecule has 216 valence electrons. The highest BCUT2D eigenvalue weighted by atomic mass is 16.6. The number of esters is 1. The first-order chi connectivity index (χ1) is 18.2. The minimum atomic E-state index is -1.15. The summed E-state index contributed by atoms with van der Waals surface area (Å²) >= 11 is 0. The number of hydrogen-bond acceptors (Lipinski definition) is 7. The monoisotopic (exact) mass is 546 g/mol. The van der Waals surface area contributed by atoms with Crippen molar-refractivity contribution in [3.63, 3.8) is 0 Å². The number of rotatable bonds is 13. The average Bonchev–Trinajstić information content (AvgIpc) is 3.54. The van der Waals surface area contributed by atoms with E-state index in [9.17, 15) is 24.0 Å². The number of nitrogens with one attached hydrogen (secondary N) is 2. The minimum absolute atomic E-state index is 0.0186. The van der Waals surface area contributed by atoms with Gasteiger partial charge in [-0.05, 0) is 64.5 Å². The highest BCUT2D eigenvalue weighted by Gasteiger charge is 2.48. The van der Waals surface area contributed by atoms with E-state index in [1.165, 1.54) is 4.90 Å². The van der Waals surface area contributed by atoms with Gasteiger partial charge in [0.05, 0.1) is 13.0 Å². The van der Waals surface area contributed by atoms with Crippen LogP contribution in [0, 0.1) is 12.8 Å². The topological polar surface area (TPSA) is 157 Å². The number of nitrogens with zero attached hydrogens (tertiary/aromatic N) is 1. The summed E-state index contributed by atoms with van der Waals surface area (Å²) in [6.07, 6.45) is -0.383. The second-order valence-corrected chi connectivity index (χ2v) is 10.8. The Labute approximate surface area is 230 Å². The molecule has 11 nitrogen and oxygen atoms in total. The van der Waals surface area contributed by atoms with Crippen molar-refractivity contribution in [1.82, 2.24) is 15.5 Å². The van der Waals surface area contributed by atoms with Crippen LogP contribution in [0.3, 0.4) is 0 Å². The zero-order valence-corrected chi connectivity index (χ0v) is 23.7. The largest absolute Gasteiger partial charge is 0.466 e. The van der Waals surface area contributed by atoms with Crippen LogP contribution >= 0.6 is 0 Å². The molecule has 1 saturated carbocycles. The van der Waals surface area contributed by atoms with E-state index in [2.05, 4.69) is 10.6 Å². The van der Waals surface area contributed by atoms with Gasteiger partial charge >= 0.3 is 12.1 Å². The fourth-order valence-electron chi connectivity index (χ4n) is 4.27. The number of carbonyl (C=O) groups excluding carboxylic acids is 5. The summed E-state index contributed by atoms with van der Waals surface area (Å²) < 4.78 is 10.3. The van der Waals surface area contributed by atoms with Crippen molar-refractivity contribution in [1.29, 1.82) is 0 Å². The molecule has 4 amide bonds. The van der Waals surface area contributed by atoms with Gasteiger partial charge in [-0.2, -0.15) is 0 Å². The highest BCUT2D eigenvalue weighted by Crippen LogP contribution is 2.41. The number of ether oxygens (including phenoxy) is 2. The van der Waals surface area contributed by atoms with Crippen LogP contribution in [0.4, 0.5) is 4.79 Å². The van der Waals surface area contributed by atoms with E-state index in [4.69, 9.17) is 15.2 Å². The van der Waals surface area contributed by atoms with Gasteiger partial charge in [0.2, 0.25) is 17.7 Å². The molecular formula is C28H42N4O7. The molecule has 1 fully saturated rings. The molecule has 11 heteroatoms. The Morgan fingerprint density at radius 2 is 1.77 bits per heavy atom. The van der Waals surface area contributed by atoms with E-state index in [0.29, 0.717) is 12.0 Å². The third-order valence-electron chi connectivity index (χ3n) is 6.29. The van der Waals surface area contributed by atoms with E-state index >= 15 is 0 Å². The van der Waals surface area contributed by atoms with Crippen LogP contribution in [0.2, 0.25) is 0 Å². The van der Waals surface area contributed by atoms with Crippen LogP contribution in [0.15, 0.2) is 24.3 Å². The lowest BCUT2D eigenvalue weighted by atomic mass is 9.97. The maximum Gasteiger partial charge on any atom is 0.408 e. The summed E-state index contributed by atoms with van der Waals surface area (Å²) in [5.74, 6) is -1.94. The average molecular weight is 547 g/mol. The van der Waals surface area contributed by atoms with Crippen LogP contribution in [-0.4, -0.2) is 65.5 Å². The molecule has 0 spiro atoms. The van der Waals surface area contributed by atoms with Gasteiger partial charge in [-0.25, -0.2) is 4.79 Å². The first kappa shape index (κ1) is 31.6. The zero-order chi connectivity index (χ0) is 29.3. The van der Waals surface area contributed by atoms with Crippen molar-refractivity contribution < 1.29 is 33.4 Å².